The Morgan fingerprint density at radius 1 is 1.47 bits per heavy atom. The Hall–Kier alpha value is -0.910. The number of thioether (sulfide) groups is 1. The average Bonchev–Trinajstić information content (AvgIpc) is 3.12. The molecule has 6 heteroatoms. The zero-order valence-corrected chi connectivity index (χ0v) is 12.7. The second kappa shape index (κ2) is 7.03. The number of hydrogen-bond donors (Lipinski definition) is 3. The fraction of sp³-hybridized carbons (Fsp3) is 0.846. The van der Waals surface area contributed by atoms with E-state index in [1.807, 2.05) is 18.7 Å². The maximum atomic E-state index is 11.8. The monoisotopic (exact) mass is 288 g/mol. The van der Waals surface area contributed by atoms with Gasteiger partial charge in [0.25, 0.3) is 0 Å². The summed E-state index contributed by atoms with van der Waals surface area (Å²) in [5.41, 5.74) is -1.14. The Balaban J connectivity index is 2.38. The highest BCUT2D eigenvalue weighted by Crippen LogP contribution is 2.39. The van der Waals surface area contributed by atoms with E-state index in [0.717, 1.165) is 30.8 Å². The number of carbonyl (C=O) groups is 2. The van der Waals surface area contributed by atoms with Gasteiger partial charge in [0.05, 0.1) is 0 Å². The topological polar surface area (TPSA) is 78.4 Å². The smallest absolute Gasteiger partial charge is 0.329 e. The second-order valence-electron chi connectivity index (χ2n) is 5.27. The molecule has 110 valence electrons. The van der Waals surface area contributed by atoms with E-state index in [1.54, 1.807) is 6.92 Å². The number of carboxylic acids is 1. The van der Waals surface area contributed by atoms with Crippen LogP contribution in [-0.2, 0) is 4.79 Å². The zero-order valence-electron chi connectivity index (χ0n) is 11.9. The fourth-order valence-electron chi connectivity index (χ4n) is 1.96. The van der Waals surface area contributed by atoms with Crippen molar-refractivity contribution in [2.75, 3.05) is 11.5 Å². The lowest BCUT2D eigenvalue weighted by atomic mass is 9.96. The molecule has 0 bridgehead atoms. The van der Waals surface area contributed by atoms with Crippen LogP contribution >= 0.6 is 11.8 Å². The van der Waals surface area contributed by atoms with Crippen LogP contribution in [-0.4, -0.2) is 40.2 Å². The molecule has 1 rings (SSSR count). The Morgan fingerprint density at radius 3 is 2.58 bits per heavy atom. The molecule has 1 aliphatic carbocycles. The SMILES string of the molecule is CCSCCC(C)NC(=O)NC(C)(C(=O)O)C1CC1. The van der Waals surface area contributed by atoms with Crippen molar-refractivity contribution in [1.29, 1.82) is 0 Å². The van der Waals surface area contributed by atoms with E-state index in [0.29, 0.717) is 0 Å². The maximum absolute atomic E-state index is 11.8. The molecule has 0 aromatic carbocycles. The van der Waals surface area contributed by atoms with Crippen LogP contribution in [0.2, 0.25) is 0 Å². The van der Waals surface area contributed by atoms with Crippen LogP contribution in [0.25, 0.3) is 0 Å². The number of aliphatic carboxylic acids is 1. The first-order valence-electron chi connectivity index (χ1n) is 6.80. The van der Waals surface area contributed by atoms with Gasteiger partial charge in [-0.3, -0.25) is 0 Å². The molecule has 5 nitrogen and oxygen atoms in total. The number of nitrogens with one attached hydrogen (secondary N) is 2. The van der Waals surface area contributed by atoms with E-state index in [-0.39, 0.29) is 18.0 Å². The van der Waals surface area contributed by atoms with Crippen molar-refractivity contribution in [2.45, 2.75) is 51.6 Å². The van der Waals surface area contributed by atoms with Crippen LogP contribution in [0.4, 0.5) is 4.79 Å². The van der Waals surface area contributed by atoms with Gasteiger partial charge in [-0.05, 0) is 50.5 Å². The molecule has 2 amide bonds. The zero-order chi connectivity index (χ0) is 14.5. The van der Waals surface area contributed by atoms with Gasteiger partial charge in [0.1, 0.15) is 5.54 Å². The maximum Gasteiger partial charge on any atom is 0.329 e. The molecule has 2 atom stereocenters. The predicted molar refractivity (Wildman–Crippen MR) is 77.5 cm³/mol. The van der Waals surface area contributed by atoms with Gasteiger partial charge in [-0.25, -0.2) is 9.59 Å². The van der Waals surface area contributed by atoms with E-state index in [2.05, 4.69) is 17.6 Å². The molecule has 0 spiro atoms. The van der Waals surface area contributed by atoms with Crippen molar-refractivity contribution in [3.63, 3.8) is 0 Å². The van der Waals surface area contributed by atoms with Crippen molar-refractivity contribution >= 4 is 23.8 Å². The molecular formula is C13H24N2O3S. The molecule has 19 heavy (non-hydrogen) atoms. The summed E-state index contributed by atoms with van der Waals surface area (Å²) in [7, 11) is 0. The molecule has 1 fully saturated rings. The van der Waals surface area contributed by atoms with Crippen LogP contribution in [0, 0.1) is 5.92 Å². The van der Waals surface area contributed by atoms with Crippen molar-refractivity contribution in [3.8, 4) is 0 Å². The minimum atomic E-state index is -1.14. The summed E-state index contributed by atoms with van der Waals surface area (Å²) in [6.45, 7) is 5.62. The standard InChI is InChI=1S/C13H24N2O3S/c1-4-19-8-7-9(2)14-12(18)15-13(3,11(16)17)10-5-6-10/h9-10H,4-8H2,1-3H3,(H,16,17)(H2,14,15,18). The molecule has 0 radical (unpaired) electrons. The van der Waals surface area contributed by atoms with Gasteiger partial charge in [-0.1, -0.05) is 6.92 Å². The van der Waals surface area contributed by atoms with Gasteiger partial charge in [0.2, 0.25) is 0 Å². The second-order valence-corrected chi connectivity index (χ2v) is 6.66. The van der Waals surface area contributed by atoms with Gasteiger partial charge in [-0.2, -0.15) is 11.8 Å². The number of amides is 2. The molecule has 0 aliphatic heterocycles. The van der Waals surface area contributed by atoms with Crippen LogP contribution in [0.1, 0.15) is 40.0 Å². The van der Waals surface area contributed by atoms with Crippen LogP contribution < -0.4 is 10.6 Å². The minimum absolute atomic E-state index is 0.0521. The highest BCUT2D eigenvalue weighted by Gasteiger charge is 2.48. The molecule has 0 aromatic heterocycles. The molecule has 0 aromatic rings. The van der Waals surface area contributed by atoms with Crippen LogP contribution in [0.5, 0.6) is 0 Å². The lowest BCUT2D eigenvalue weighted by Crippen LogP contribution is -2.57. The molecule has 3 N–H and O–H groups in total. The third-order valence-corrected chi connectivity index (χ3v) is 4.42. The third kappa shape index (κ3) is 4.93. The molecule has 0 saturated heterocycles. The molecule has 2 unspecified atom stereocenters. The first-order chi connectivity index (χ1) is 8.90. The Labute approximate surface area is 118 Å². The summed E-state index contributed by atoms with van der Waals surface area (Å²) in [5, 5.41) is 14.7. The lowest BCUT2D eigenvalue weighted by Gasteiger charge is -2.27. The summed E-state index contributed by atoms with van der Waals surface area (Å²) in [5.74, 6) is 1.16. The molecule has 0 heterocycles. The third-order valence-electron chi connectivity index (χ3n) is 3.49. The van der Waals surface area contributed by atoms with Gasteiger partial charge < -0.3 is 15.7 Å². The van der Waals surface area contributed by atoms with Gasteiger partial charge in [0.15, 0.2) is 0 Å². The number of hydrogen-bond acceptors (Lipinski definition) is 3. The summed E-state index contributed by atoms with van der Waals surface area (Å²) in [6, 6.07) is -0.331. The first-order valence-corrected chi connectivity index (χ1v) is 7.95. The summed E-state index contributed by atoms with van der Waals surface area (Å²) < 4.78 is 0. The van der Waals surface area contributed by atoms with E-state index in [9.17, 15) is 14.7 Å². The lowest BCUT2D eigenvalue weighted by molar-refractivity contribution is -0.144. The summed E-state index contributed by atoms with van der Waals surface area (Å²) in [4.78, 5) is 23.1. The highest BCUT2D eigenvalue weighted by molar-refractivity contribution is 7.99. The van der Waals surface area contributed by atoms with E-state index in [4.69, 9.17) is 0 Å². The van der Waals surface area contributed by atoms with Crippen LogP contribution in [0.3, 0.4) is 0 Å². The number of carbonyl (C=O) groups excluding carboxylic acids is 1. The number of urea groups is 1. The van der Waals surface area contributed by atoms with Gasteiger partial charge in [0, 0.05) is 6.04 Å². The quantitative estimate of drug-likeness (QED) is 0.597. The normalized spacial score (nSPS) is 19.3. The molecule has 1 saturated carbocycles. The van der Waals surface area contributed by atoms with Crippen molar-refractivity contribution in [3.05, 3.63) is 0 Å². The van der Waals surface area contributed by atoms with Crippen molar-refractivity contribution in [2.24, 2.45) is 5.92 Å². The molecular weight excluding hydrogens is 264 g/mol. The van der Waals surface area contributed by atoms with Gasteiger partial charge in [-0.15, -0.1) is 0 Å². The number of rotatable bonds is 8. The minimum Gasteiger partial charge on any atom is -0.480 e. The first kappa shape index (κ1) is 16.1. The molecule has 1 aliphatic rings. The summed E-state index contributed by atoms with van der Waals surface area (Å²) >= 11 is 1.83. The van der Waals surface area contributed by atoms with Gasteiger partial charge >= 0.3 is 12.0 Å². The van der Waals surface area contributed by atoms with E-state index < -0.39 is 11.5 Å². The van der Waals surface area contributed by atoms with E-state index >= 15 is 0 Å². The fourth-order valence-corrected chi connectivity index (χ4v) is 2.77. The Bertz CT molecular complexity index is 334. The Kier molecular flexibility index (Phi) is 5.97. The largest absolute Gasteiger partial charge is 0.480 e. The Morgan fingerprint density at radius 2 is 2.11 bits per heavy atom. The number of carboxylic acid groups (broad SMARTS) is 1. The van der Waals surface area contributed by atoms with Crippen molar-refractivity contribution < 1.29 is 14.7 Å². The highest BCUT2D eigenvalue weighted by atomic mass is 32.2. The predicted octanol–water partition coefficient (Wildman–Crippen LogP) is 2.07. The summed E-state index contributed by atoms with van der Waals surface area (Å²) in [6.07, 6.45) is 2.62. The van der Waals surface area contributed by atoms with Crippen LogP contribution in [0.15, 0.2) is 0 Å². The average molecular weight is 288 g/mol. The van der Waals surface area contributed by atoms with Crippen molar-refractivity contribution in [1.82, 2.24) is 10.6 Å². The van der Waals surface area contributed by atoms with E-state index in [1.165, 1.54) is 0 Å².